The monoisotopic (exact) mass is 326 g/mol. The summed E-state index contributed by atoms with van der Waals surface area (Å²) in [5.41, 5.74) is 2.03. The molecule has 4 aliphatic carbocycles. The van der Waals surface area contributed by atoms with Crippen LogP contribution in [0.2, 0.25) is 0 Å². The molecule has 0 heterocycles. The van der Waals surface area contributed by atoms with Gasteiger partial charge in [-0.3, -0.25) is 9.59 Å². The Morgan fingerprint density at radius 2 is 1.50 bits per heavy atom. The number of ether oxygens (including phenoxy) is 1. The third-order valence-corrected chi connectivity index (χ3v) is 6.93. The first-order valence-corrected chi connectivity index (χ1v) is 9.17. The molecule has 4 aliphatic rings. The van der Waals surface area contributed by atoms with Gasteiger partial charge in [-0.1, -0.05) is 0 Å². The molecule has 0 spiro atoms. The van der Waals surface area contributed by atoms with Crippen molar-refractivity contribution in [3.8, 4) is 5.75 Å². The summed E-state index contributed by atoms with van der Waals surface area (Å²) in [5, 5.41) is 0. The Kier molecular flexibility index (Phi) is 3.59. The molecule has 128 valence electrons. The van der Waals surface area contributed by atoms with E-state index in [9.17, 15) is 9.59 Å². The lowest BCUT2D eigenvalue weighted by Crippen LogP contribution is -2.51. The normalized spacial score (nSPS) is 33.5. The van der Waals surface area contributed by atoms with E-state index in [2.05, 4.69) is 0 Å². The van der Waals surface area contributed by atoms with Gasteiger partial charge in [-0.2, -0.15) is 0 Å². The molecule has 4 fully saturated rings. The van der Waals surface area contributed by atoms with Crippen LogP contribution in [0.15, 0.2) is 12.1 Å². The zero-order chi connectivity index (χ0) is 17.1. The summed E-state index contributed by atoms with van der Waals surface area (Å²) >= 11 is 0. The van der Waals surface area contributed by atoms with Gasteiger partial charge in [0, 0.05) is 11.0 Å². The van der Waals surface area contributed by atoms with Crippen molar-refractivity contribution in [2.45, 2.75) is 52.4 Å². The Morgan fingerprint density at radius 1 is 0.958 bits per heavy atom. The van der Waals surface area contributed by atoms with E-state index in [1.165, 1.54) is 19.3 Å². The van der Waals surface area contributed by atoms with Crippen LogP contribution in [-0.4, -0.2) is 18.7 Å². The average Bonchev–Trinajstić information content (AvgIpc) is 2.55. The van der Waals surface area contributed by atoms with Crippen molar-refractivity contribution >= 4 is 11.6 Å². The molecule has 4 bridgehead atoms. The highest BCUT2D eigenvalue weighted by molar-refractivity contribution is 6.45. The standard InChI is InChI=1S/C21H26O3/c1-12-13(2)18(24-3)5-4-17(12)19(22)20(23)21-9-14-6-15(10-21)8-16(7-14)11-21/h4-5,14-16H,6-11H2,1-3H3. The molecule has 0 atom stereocenters. The Balaban J connectivity index is 1.66. The van der Waals surface area contributed by atoms with Gasteiger partial charge in [0.05, 0.1) is 7.11 Å². The van der Waals surface area contributed by atoms with Gasteiger partial charge in [0.25, 0.3) is 0 Å². The first kappa shape index (κ1) is 15.9. The van der Waals surface area contributed by atoms with E-state index < -0.39 is 0 Å². The predicted molar refractivity (Wildman–Crippen MR) is 92.4 cm³/mol. The minimum Gasteiger partial charge on any atom is -0.496 e. The predicted octanol–water partition coefficient (Wildman–Crippen LogP) is 4.28. The number of hydrogen-bond acceptors (Lipinski definition) is 3. The van der Waals surface area contributed by atoms with E-state index >= 15 is 0 Å². The lowest BCUT2D eigenvalue weighted by atomic mass is 9.48. The second kappa shape index (κ2) is 5.44. The van der Waals surface area contributed by atoms with Gasteiger partial charge >= 0.3 is 0 Å². The van der Waals surface area contributed by atoms with Crippen LogP contribution in [0, 0.1) is 37.0 Å². The highest BCUT2D eigenvalue weighted by atomic mass is 16.5. The second-order valence-corrected chi connectivity index (χ2v) is 8.42. The number of benzene rings is 1. The third kappa shape index (κ3) is 2.24. The van der Waals surface area contributed by atoms with E-state index in [0.29, 0.717) is 23.3 Å². The van der Waals surface area contributed by atoms with Crippen LogP contribution in [0.1, 0.15) is 60.0 Å². The van der Waals surface area contributed by atoms with Crippen molar-refractivity contribution in [3.05, 3.63) is 28.8 Å². The fourth-order valence-electron chi connectivity index (χ4n) is 6.01. The van der Waals surface area contributed by atoms with Gasteiger partial charge in [0.1, 0.15) is 5.75 Å². The maximum atomic E-state index is 13.2. The van der Waals surface area contributed by atoms with Gasteiger partial charge in [-0.25, -0.2) is 0 Å². The highest BCUT2D eigenvalue weighted by Crippen LogP contribution is 2.60. The summed E-state index contributed by atoms with van der Waals surface area (Å²) in [6, 6.07) is 3.57. The number of rotatable bonds is 4. The number of carbonyl (C=O) groups excluding carboxylic acids is 2. The topological polar surface area (TPSA) is 43.4 Å². The van der Waals surface area contributed by atoms with E-state index in [4.69, 9.17) is 4.74 Å². The zero-order valence-electron chi connectivity index (χ0n) is 14.9. The number of Topliss-reactive ketones (excluding diaryl/α,β-unsaturated/α-hetero) is 2. The van der Waals surface area contributed by atoms with Crippen molar-refractivity contribution in [2.75, 3.05) is 7.11 Å². The zero-order valence-corrected chi connectivity index (χ0v) is 14.9. The van der Waals surface area contributed by atoms with Crippen LogP contribution in [0.4, 0.5) is 0 Å². The minimum absolute atomic E-state index is 0.116. The van der Waals surface area contributed by atoms with Crippen molar-refractivity contribution in [1.29, 1.82) is 0 Å². The molecule has 0 radical (unpaired) electrons. The summed E-state index contributed by atoms with van der Waals surface area (Å²) in [5.74, 6) is 2.39. The van der Waals surface area contributed by atoms with Gasteiger partial charge in [0.15, 0.2) is 0 Å². The summed E-state index contributed by atoms with van der Waals surface area (Å²) in [7, 11) is 1.63. The molecule has 3 heteroatoms. The summed E-state index contributed by atoms with van der Waals surface area (Å²) < 4.78 is 5.33. The Labute approximate surface area is 143 Å². The van der Waals surface area contributed by atoms with Crippen molar-refractivity contribution in [1.82, 2.24) is 0 Å². The molecule has 3 nitrogen and oxygen atoms in total. The van der Waals surface area contributed by atoms with Crippen LogP contribution in [0.25, 0.3) is 0 Å². The smallest absolute Gasteiger partial charge is 0.229 e. The van der Waals surface area contributed by atoms with Crippen molar-refractivity contribution < 1.29 is 14.3 Å². The molecule has 0 aromatic heterocycles. The summed E-state index contributed by atoms with van der Waals surface area (Å²) in [4.78, 5) is 26.3. The molecule has 0 aliphatic heterocycles. The number of hydrogen-bond donors (Lipinski definition) is 0. The van der Waals surface area contributed by atoms with E-state index in [-0.39, 0.29) is 17.0 Å². The molecular formula is C21H26O3. The van der Waals surface area contributed by atoms with Gasteiger partial charge < -0.3 is 4.74 Å². The molecule has 24 heavy (non-hydrogen) atoms. The van der Waals surface area contributed by atoms with E-state index in [0.717, 1.165) is 36.1 Å². The maximum Gasteiger partial charge on any atom is 0.229 e. The molecular weight excluding hydrogens is 300 g/mol. The van der Waals surface area contributed by atoms with Gasteiger partial charge in [-0.15, -0.1) is 0 Å². The van der Waals surface area contributed by atoms with Crippen LogP contribution >= 0.6 is 0 Å². The van der Waals surface area contributed by atoms with Gasteiger partial charge in [0.2, 0.25) is 11.6 Å². The summed E-state index contributed by atoms with van der Waals surface area (Å²) in [6.07, 6.45) is 6.66. The molecule has 0 saturated heterocycles. The van der Waals surface area contributed by atoms with Gasteiger partial charge in [-0.05, 0) is 93.4 Å². The second-order valence-electron chi connectivity index (χ2n) is 8.42. The summed E-state index contributed by atoms with van der Waals surface area (Å²) in [6.45, 7) is 3.86. The van der Waals surface area contributed by atoms with Crippen molar-refractivity contribution in [2.24, 2.45) is 23.2 Å². The van der Waals surface area contributed by atoms with Crippen LogP contribution in [0.3, 0.4) is 0 Å². The molecule has 0 N–H and O–H groups in total. The quantitative estimate of drug-likeness (QED) is 0.613. The Bertz CT molecular complexity index is 681. The molecule has 5 rings (SSSR count). The van der Waals surface area contributed by atoms with E-state index in [1.807, 2.05) is 19.9 Å². The molecule has 0 unspecified atom stereocenters. The van der Waals surface area contributed by atoms with Crippen molar-refractivity contribution in [3.63, 3.8) is 0 Å². The first-order chi connectivity index (χ1) is 11.4. The molecule has 0 amide bonds. The lowest BCUT2D eigenvalue weighted by molar-refractivity contribution is -0.138. The van der Waals surface area contributed by atoms with E-state index in [1.54, 1.807) is 13.2 Å². The Morgan fingerprint density at radius 3 is 2.00 bits per heavy atom. The van der Waals surface area contributed by atoms with Crippen LogP contribution < -0.4 is 4.74 Å². The average molecular weight is 326 g/mol. The first-order valence-electron chi connectivity index (χ1n) is 9.17. The van der Waals surface area contributed by atoms with Crippen LogP contribution in [0.5, 0.6) is 5.75 Å². The van der Waals surface area contributed by atoms with Crippen LogP contribution in [-0.2, 0) is 4.79 Å². The largest absolute Gasteiger partial charge is 0.496 e. The fourth-order valence-corrected chi connectivity index (χ4v) is 6.01. The SMILES string of the molecule is COc1ccc(C(=O)C(=O)C23CC4CC(CC(C4)C2)C3)c(C)c1C. The molecule has 4 saturated carbocycles. The maximum absolute atomic E-state index is 13.2. The highest BCUT2D eigenvalue weighted by Gasteiger charge is 2.55. The fraction of sp³-hybridized carbons (Fsp3) is 0.619. The third-order valence-electron chi connectivity index (χ3n) is 6.93. The number of methoxy groups -OCH3 is 1. The lowest BCUT2D eigenvalue weighted by Gasteiger charge is -2.55. The number of carbonyl (C=O) groups is 2. The molecule has 1 aromatic carbocycles. The Hall–Kier alpha value is -1.64. The molecule has 1 aromatic rings. The number of ketones is 2. The minimum atomic E-state index is -0.355.